The van der Waals surface area contributed by atoms with Gasteiger partial charge >= 0.3 is 0 Å². The lowest BCUT2D eigenvalue weighted by molar-refractivity contribution is -0.143. The molecule has 0 aromatic heterocycles. The number of hydrogen-bond donors (Lipinski definition) is 1. The fourth-order valence-electron chi connectivity index (χ4n) is 3.28. The first kappa shape index (κ1) is 13.8. The van der Waals surface area contributed by atoms with E-state index in [4.69, 9.17) is 0 Å². The first-order valence-corrected chi connectivity index (χ1v) is 7.25. The summed E-state index contributed by atoms with van der Waals surface area (Å²) in [4.78, 5) is 17.2. The summed E-state index contributed by atoms with van der Waals surface area (Å²) in [5.74, 6) is 0.390. The summed E-state index contributed by atoms with van der Waals surface area (Å²) in [5, 5.41) is 3.36. The molecule has 2 heterocycles. The van der Waals surface area contributed by atoms with E-state index in [0.717, 1.165) is 45.4 Å². The Labute approximate surface area is 111 Å². The third-order valence-corrected chi connectivity index (χ3v) is 4.79. The van der Waals surface area contributed by atoms with Crippen molar-refractivity contribution in [2.45, 2.75) is 38.6 Å². The molecular weight excluding hydrogens is 226 g/mol. The molecule has 4 heteroatoms. The van der Waals surface area contributed by atoms with E-state index in [1.165, 1.54) is 6.42 Å². The molecule has 2 unspecified atom stereocenters. The van der Waals surface area contributed by atoms with Crippen molar-refractivity contribution in [3.05, 3.63) is 0 Å². The average molecular weight is 253 g/mol. The van der Waals surface area contributed by atoms with Crippen LogP contribution in [-0.4, -0.2) is 62.0 Å². The van der Waals surface area contributed by atoms with Crippen LogP contribution in [0.3, 0.4) is 0 Å². The van der Waals surface area contributed by atoms with E-state index in [0.29, 0.717) is 11.9 Å². The lowest BCUT2D eigenvalue weighted by atomic mass is 9.82. The number of nitrogens with zero attached hydrogens (tertiary/aromatic N) is 2. The number of rotatable bonds is 3. The molecule has 2 fully saturated rings. The van der Waals surface area contributed by atoms with Crippen molar-refractivity contribution >= 4 is 5.91 Å². The Kier molecular flexibility index (Phi) is 4.28. The summed E-state index contributed by atoms with van der Waals surface area (Å²) < 4.78 is 0. The minimum absolute atomic E-state index is 0.117. The molecule has 0 spiro atoms. The van der Waals surface area contributed by atoms with Gasteiger partial charge in [-0.05, 0) is 46.3 Å². The molecule has 0 aliphatic carbocycles. The number of amides is 1. The van der Waals surface area contributed by atoms with E-state index in [2.05, 4.69) is 36.1 Å². The maximum atomic E-state index is 12.8. The smallest absolute Gasteiger partial charge is 0.230 e. The molecule has 2 rings (SSSR count). The largest absolute Gasteiger partial charge is 0.341 e. The second kappa shape index (κ2) is 5.57. The highest BCUT2D eigenvalue weighted by molar-refractivity contribution is 5.83. The van der Waals surface area contributed by atoms with Gasteiger partial charge in [0.15, 0.2) is 0 Å². The molecule has 2 aliphatic heterocycles. The first-order chi connectivity index (χ1) is 8.59. The van der Waals surface area contributed by atoms with Crippen molar-refractivity contribution in [2.75, 3.05) is 40.3 Å². The number of nitrogens with one attached hydrogen (secondary N) is 1. The van der Waals surface area contributed by atoms with Crippen LogP contribution in [0.4, 0.5) is 0 Å². The highest BCUT2D eigenvalue weighted by Gasteiger charge is 2.43. The summed E-state index contributed by atoms with van der Waals surface area (Å²) in [6, 6.07) is 0.533. The molecule has 2 saturated heterocycles. The number of hydrogen-bond acceptors (Lipinski definition) is 3. The summed E-state index contributed by atoms with van der Waals surface area (Å²) in [6.07, 6.45) is 4.32. The highest BCUT2D eigenvalue weighted by atomic mass is 16.2. The van der Waals surface area contributed by atoms with Crippen molar-refractivity contribution < 1.29 is 4.79 Å². The second-order valence-corrected chi connectivity index (χ2v) is 6.07. The van der Waals surface area contributed by atoms with Gasteiger partial charge in [-0.1, -0.05) is 6.92 Å². The van der Waals surface area contributed by atoms with Crippen LogP contribution in [0, 0.1) is 5.41 Å². The maximum Gasteiger partial charge on any atom is 0.230 e. The molecule has 104 valence electrons. The Bertz CT molecular complexity index is 297. The lowest BCUT2D eigenvalue weighted by Crippen LogP contribution is -2.52. The molecule has 1 N–H and O–H groups in total. The fraction of sp³-hybridized carbons (Fsp3) is 0.929. The van der Waals surface area contributed by atoms with Crippen molar-refractivity contribution in [1.29, 1.82) is 0 Å². The second-order valence-electron chi connectivity index (χ2n) is 6.07. The molecular formula is C14H27N3O. The van der Waals surface area contributed by atoms with Gasteiger partial charge in [-0.15, -0.1) is 0 Å². The number of likely N-dealkylation sites (tertiary alicyclic amines) is 1. The number of carbonyl (C=O) groups is 1. The predicted octanol–water partition coefficient (Wildman–Crippen LogP) is 0.929. The van der Waals surface area contributed by atoms with E-state index in [9.17, 15) is 4.79 Å². The van der Waals surface area contributed by atoms with Gasteiger partial charge in [0.25, 0.3) is 0 Å². The van der Waals surface area contributed by atoms with Gasteiger partial charge in [0.1, 0.15) is 0 Å². The van der Waals surface area contributed by atoms with Crippen LogP contribution in [0.15, 0.2) is 0 Å². The zero-order valence-corrected chi connectivity index (χ0v) is 12.0. The zero-order valence-electron chi connectivity index (χ0n) is 12.0. The van der Waals surface area contributed by atoms with Crippen molar-refractivity contribution in [3.8, 4) is 0 Å². The van der Waals surface area contributed by atoms with Gasteiger partial charge in [-0.2, -0.15) is 0 Å². The summed E-state index contributed by atoms with van der Waals surface area (Å²) >= 11 is 0. The standard InChI is InChI=1S/C14H27N3O/c1-4-14(7-8-15-11-14)13(18)17-9-5-6-12(10-17)16(2)3/h12,15H,4-11H2,1-3H3. The van der Waals surface area contributed by atoms with Crippen LogP contribution in [0.2, 0.25) is 0 Å². The molecule has 0 aromatic carbocycles. The Morgan fingerprint density at radius 1 is 1.50 bits per heavy atom. The monoisotopic (exact) mass is 253 g/mol. The third-order valence-electron chi connectivity index (χ3n) is 4.79. The molecule has 0 saturated carbocycles. The van der Waals surface area contributed by atoms with Crippen LogP contribution in [0.5, 0.6) is 0 Å². The van der Waals surface area contributed by atoms with Crippen molar-refractivity contribution in [2.24, 2.45) is 5.41 Å². The lowest BCUT2D eigenvalue weighted by Gasteiger charge is -2.40. The van der Waals surface area contributed by atoms with Crippen LogP contribution < -0.4 is 5.32 Å². The first-order valence-electron chi connectivity index (χ1n) is 7.25. The van der Waals surface area contributed by atoms with Gasteiger partial charge in [-0.25, -0.2) is 0 Å². The molecule has 2 aliphatic rings. The highest BCUT2D eigenvalue weighted by Crippen LogP contribution is 2.33. The van der Waals surface area contributed by atoms with Crippen LogP contribution in [-0.2, 0) is 4.79 Å². The average Bonchev–Trinajstić information content (AvgIpc) is 2.88. The summed E-state index contributed by atoms with van der Waals surface area (Å²) in [5.41, 5.74) is -0.117. The Balaban J connectivity index is 2.04. The quantitative estimate of drug-likeness (QED) is 0.813. The van der Waals surface area contributed by atoms with Gasteiger partial charge in [0.05, 0.1) is 5.41 Å². The number of piperidine rings is 1. The van der Waals surface area contributed by atoms with Crippen molar-refractivity contribution in [1.82, 2.24) is 15.1 Å². The minimum Gasteiger partial charge on any atom is -0.341 e. The zero-order chi connectivity index (χ0) is 13.2. The van der Waals surface area contributed by atoms with E-state index < -0.39 is 0 Å². The molecule has 1 amide bonds. The molecule has 2 atom stereocenters. The van der Waals surface area contributed by atoms with E-state index in [1.807, 2.05) is 0 Å². The maximum absolute atomic E-state index is 12.8. The molecule has 0 aromatic rings. The Hall–Kier alpha value is -0.610. The molecule has 4 nitrogen and oxygen atoms in total. The fourth-order valence-corrected chi connectivity index (χ4v) is 3.28. The third kappa shape index (κ3) is 2.54. The molecule has 0 bridgehead atoms. The normalized spacial score (nSPS) is 33.1. The van der Waals surface area contributed by atoms with E-state index >= 15 is 0 Å². The number of carbonyl (C=O) groups excluding carboxylic acids is 1. The van der Waals surface area contributed by atoms with Crippen molar-refractivity contribution in [3.63, 3.8) is 0 Å². The SMILES string of the molecule is CCC1(C(=O)N2CCCC(N(C)C)C2)CCNC1. The Morgan fingerprint density at radius 2 is 2.28 bits per heavy atom. The van der Waals surface area contributed by atoms with Crippen LogP contribution in [0.1, 0.15) is 32.6 Å². The van der Waals surface area contributed by atoms with E-state index in [-0.39, 0.29) is 5.41 Å². The predicted molar refractivity (Wildman–Crippen MR) is 73.5 cm³/mol. The summed E-state index contributed by atoms with van der Waals surface area (Å²) in [6.45, 7) is 5.87. The molecule has 0 radical (unpaired) electrons. The van der Waals surface area contributed by atoms with E-state index in [1.54, 1.807) is 0 Å². The summed E-state index contributed by atoms with van der Waals surface area (Å²) in [7, 11) is 4.23. The number of likely N-dealkylation sites (N-methyl/N-ethyl adjacent to an activating group) is 1. The van der Waals surface area contributed by atoms with Gasteiger partial charge in [0.2, 0.25) is 5.91 Å². The van der Waals surface area contributed by atoms with Crippen LogP contribution >= 0.6 is 0 Å². The topological polar surface area (TPSA) is 35.6 Å². The molecule has 18 heavy (non-hydrogen) atoms. The minimum atomic E-state index is -0.117. The van der Waals surface area contributed by atoms with Gasteiger partial charge in [-0.3, -0.25) is 4.79 Å². The van der Waals surface area contributed by atoms with Crippen LogP contribution in [0.25, 0.3) is 0 Å². The van der Waals surface area contributed by atoms with Gasteiger partial charge in [0, 0.05) is 25.7 Å². The Morgan fingerprint density at radius 3 is 2.83 bits per heavy atom. The van der Waals surface area contributed by atoms with Gasteiger partial charge < -0.3 is 15.1 Å².